The van der Waals surface area contributed by atoms with Crippen molar-refractivity contribution in [1.82, 2.24) is 10.3 Å². The third-order valence-corrected chi connectivity index (χ3v) is 5.97. The Bertz CT molecular complexity index is 396. The summed E-state index contributed by atoms with van der Waals surface area (Å²) in [5.74, 6) is 1.18. The molecule has 18 heavy (non-hydrogen) atoms. The minimum Gasteiger partial charge on any atom is -0.356 e. The predicted octanol–water partition coefficient (Wildman–Crippen LogP) is 3.70. The van der Waals surface area contributed by atoms with Crippen molar-refractivity contribution in [3.8, 4) is 0 Å². The fraction of sp³-hybridized carbons (Fsp3) is 0.692. The number of aliphatic imine (C=N–C) groups is 1. The van der Waals surface area contributed by atoms with E-state index in [1.165, 1.54) is 18.6 Å². The van der Waals surface area contributed by atoms with Gasteiger partial charge in [-0.05, 0) is 25.2 Å². The van der Waals surface area contributed by atoms with Gasteiger partial charge in [0.15, 0.2) is 5.17 Å². The maximum Gasteiger partial charge on any atom is 0.157 e. The second kappa shape index (κ2) is 6.06. The van der Waals surface area contributed by atoms with Crippen LogP contribution in [0, 0.1) is 5.41 Å². The van der Waals surface area contributed by atoms with Gasteiger partial charge in [-0.1, -0.05) is 25.6 Å². The van der Waals surface area contributed by atoms with Crippen LogP contribution in [0.15, 0.2) is 16.6 Å². The van der Waals surface area contributed by atoms with E-state index in [9.17, 15) is 0 Å². The first-order chi connectivity index (χ1) is 8.69. The van der Waals surface area contributed by atoms with Crippen LogP contribution in [0.5, 0.6) is 0 Å². The minimum atomic E-state index is 0.256. The van der Waals surface area contributed by atoms with Gasteiger partial charge in [0.25, 0.3) is 0 Å². The van der Waals surface area contributed by atoms with E-state index >= 15 is 0 Å². The van der Waals surface area contributed by atoms with Gasteiger partial charge in [-0.2, -0.15) is 0 Å². The van der Waals surface area contributed by atoms with Crippen LogP contribution in [-0.2, 0) is 0 Å². The molecular formula is C13H21N3S2. The molecule has 3 nitrogen and oxygen atoms in total. The Morgan fingerprint density at radius 2 is 2.22 bits per heavy atom. The molecule has 0 fully saturated rings. The van der Waals surface area contributed by atoms with Crippen molar-refractivity contribution in [2.24, 2.45) is 10.4 Å². The molecule has 1 atom stereocenters. The molecule has 0 radical (unpaired) electrons. The highest BCUT2D eigenvalue weighted by Gasteiger charge is 2.30. The molecule has 0 saturated heterocycles. The molecule has 0 aliphatic carbocycles. The summed E-state index contributed by atoms with van der Waals surface area (Å²) in [4.78, 5) is 9.05. The summed E-state index contributed by atoms with van der Waals surface area (Å²) in [6, 6.07) is 0.256. The van der Waals surface area contributed by atoms with Crippen LogP contribution >= 0.6 is 23.1 Å². The first-order valence-corrected chi connectivity index (χ1v) is 8.39. The van der Waals surface area contributed by atoms with Crippen LogP contribution in [0.1, 0.15) is 44.7 Å². The predicted molar refractivity (Wildman–Crippen MR) is 81.4 cm³/mol. The fourth-order valence-corrected chi connectivity index (χ4v) is 4.02. The molecule has 0 aromatic carbocycles. The van der Waals surface area contributed by atoms with Crippen molar-refractivity contribution in [1.29, 1.82) is 0 Å². The molecule has 0 saturated carbocycles. The normalized spacial score (nSPS) is 20.3. The second-order valence-corrected chi connectivity index (χ2v) is 6.74. The van der Waals surface area contributed by atoms with Crippen molar-refractivity contribution in [3.05, 3.63) is 16.6 Å². The van der Waals surface area contributed by atoms with E-state index in [1.54, 1.807) is 11.3 Å². The highest BCUT2D eigenvalue weighted by molar-refractivity contribution is 8.13. The summed E-state index contributed by atoms with van der Waals surface area (Å²) < 4.78 is 0. The van der Waals surface area contributed by atoms with Crippen LogP contribution < -0.4 is 5.32 Å². The van der Waals surface area contributed by atoms with Crippen LogP contribution in [-0.4, -0.2) is 22.4 Å². The van der Waals surface area contributed by atoms with Crippen molar-refractivity contribution < 1.29 is 0 Å². The number of hydrogen-bond acceptors (Lipinski definition) is 5. The van der Waals surface area contributed by atoms with E-state index in [1.807, 2.05) is 23.3 Å². The molecule has 0 amide bonds. The van der Waals surface area contributed by atoms with Crippen molar-refractivity contribution in [3.63, 3.8) is 0 Å². The first kappa shape index (κ1) is 13.9. The summed E-state index contributed by atoms with van der Waals surface area (Å²) in [7, 11) is 0. The number of thioether (sulfide) groups is 1. The Morgan fingerprint density at radius 3 is 2.72 bits per heavy atom. The summed E-state index contributed by atoms with van der Waals surface area (Å²) in [6.45, 7) is 7.65. The quantitative estimate of drug-likeness (QED) is 0.915. The molecule has 1 N–H and O–H groups in total. The number of nitrogens with zero attached hydrogens (tertiary/aromatic N) is 2. The molecule has 0 spiro atoms. The van der Waals surface area contributed by atoms with Gasteiger partial charge in [0.1, 0.15) is 5.01 Å². The van der Waals surface area contributed by atoms with Crippen LogP contribution in [0.2, 0.25) is 0 Å². The average Bonchev–Trinajstić information content (AvgIpc) is 2.94. The number of hydrogen-bond donors (Lipinski definition) is 1. The molecule has 1 aliphatic rings. The van der Waals surface area contributed by atoms with Gasteiger partial charge in [0, 0.05) is 23.9 Å². The lowest BCUT2D eigenvalue weighted by molar-refractivity contribution is 0.318. The van der Waals surface area contributed by atoms with Gasteiger partial charge >= 0.3 is 0 Å². The van der Waals surface area contributed by atoms with E-state index in [0.29, 0.717) is 5.41 Å². The zero-order valence-electron chi connectivity index (χ0n) is 11.3. The van der Waals surface area contributed by atoms with Crippen LogP contribution in [0.25, 0.3) is 0 Å². The Balaban J connectivity index is 1.94. The standard InChI is InChI=1S/C13H21N3S2/c1-4-13(5-2)8-15-12(18-9-13)16-10(3)11-14-6-7-17-11/h6-7,10H,4-5,8-9H2,1-3H3,(H,15,16). The van der Waals surface area contributed by atoms with Gasteiger partial charge in [-0.25, -0.2) is 4.98 Å². The topological polar surface area (TPSA) is 37.3 Å². The largest absolute Gasteiger partial charge is 0.356 e. The van der Waals surface area contributed by atoms with Crippen LogP contribution in [0.4, 0.5) is 0 Å². The molecule has 1 unspecified atom stereocenters. The van der Waals surface area contributed by atoms with E-state index in [0.717, 1.165) is 16.7 Å². The monoisotopic (exact) mass is 283 g/mol. The molecule has 0 bridgehead atoms. The lowest BCUT2D eigenvalue weighted by Gasteiger charge is -2.33. The summed E-state index contributed by atoms with van der Waals surface area (Å²) in [5.41, 5.74) is 0.417. The summed E-state index contributed by atoms with van der Waals surface area (Å²) in [5, 5.41) is 7.69. The Labute approximate surface area is 118 Å². The van der Waals surface area contributed by atoms with Gasteiger partial charge in [-0.15, -0.1) is 11.3 Å². The molecule has 5 heteroatoms. The first-order valence-electron chi connectivity index (χ1n) is 6.52. The second-order valence-electron chi connectivity index (χ2n) is 4.85. The van der Waals surface area contributed by atoms with Crippen molar-refractivity contribution in [2.75, 3.05) is 12.3 Å². The van der Waals surface area contributed by atoms with Gasteiger partial charge < -0.3 is 5.32 Å². The van der Waals surface area contributed by atoms with Crippen molar-refractivity contribution >= 4 is 28.3 Å². The van der Waals surface area contributed by atoms with E-state index in [4.69, 9.17) is 4.99 Å². The van der Waals surface area contributed by atoms with E-state index < -0.39 is 0 Å². The molecule has 1 aliphatic heterocycles. The lowest BCUT2D eigenvalue weighted by atomic mass is 9.84. The van der Waals surface area contributed by atoms with E-state index in [-0.39, 0.29) is 6.04 Å². The number of rotatable bonds is 4. The number of thiazole rings is 1. The van der Waals surface area contributed by atoms with Gasteiger partial charge in [0.05, 0.1) is 6.04 Å². The van der Waals surface area contributed by atoms with Crippen LogP contribution in [0.3, 0.4) is 0 Å². The van der Waals surface area contributed by atoms with Crippen molar-refractivity contribution in [2.45, 2.75) is 39.7 Å². The molecule has 100 valence electrons. The van der Waals surface area contributed by atoms with E-state index in [2.05, 4.69) is 31.1 Å². The number of nitrogens with one attached hydrogen (secondary N) is 1. The lowest BCUT2D eigenvalue weighted by Crippen LogP contribution is -2.35. The Kier molecular flexibility index (Phi) is 4.67. The van der Waals surface area contributed by atoms with Gasteiger partial charge in [0.2, 0.25) is 0 Å². The maximum absolute atomic E-state index is 4.72. The molecule has 1 aromatic heterocycles. The molecular weight excluding hydrogens is 262 g/mol. The number of amidine groups is 1. The summed E-state index contributed by atoms with van der Waals surface area (Å²) in [6.07, 6.45) is 4.29. The highest BCUT2D eigenvalue weighted by Crippen LogP contribution is 2.35. The number of aromatic nitrogens is 1. The zero-order valence-corrected chi connectivity index (χ0v) is 12.9. The third kappa shape index (κ3) is 3.06. The Hall–Kier alpha value is -0.550. The summed E-state index contributed by atoms with van der Waals surface area (Å²) >= 11 is 3.55. The fourth-order valence-electron chi connectivity index (χ4n) is 2.01. The zero-order chi connectivity index (χ0) is 13.0. The minimum absolute atomic E-state index is 0.256. The molecule has 2 rings (SSSR count). The SMILES string of the molecule is CCC1(CC)CN=C(NC(C)c2nccs2)SC1. The highest BCUT2D eigenvalue weighted by atomic mass is 32.2. The average molecular weight is 283 g/mol. The Morgan fingerprint density at radius 1 is 1.44 bits per heavy atom. The molecule has 1 aromatic rings. The van der Waals surface area contributed by atoms with Gasteiger partial charge in [-0.3, -0.25) is 4.99 Å². The smallest absolute Gasteiger partial charge is 0.157 e. The maximum atomic E-state index is 4.72. The third-order valence-electron chi connectivity index (χ3n) is 3.73. The molecule has 2 heterocycles.